The number of nitrogens with two attached hydrogens (primary N) is 2. The van der Waals surface area contributed by atoms with Crippen LogP contribution in [-0.4, -0.2) is 36.5 Å². The first-order valence-electron chi connectivity index (χ1n) is 7.93. The Morgan fingerprint density at radius 3 is 2.57 bits per heavy atom. The molecule has 3 atom stereocenters. The Balaban J connectivity index is 2.13. The third kappa shape index (κ3) is 4.05. The number of nitrogens with zero attached hydrogens (tertiary/aromatic N) is 1. The monoisotopic (exact) mass is 289 g/mol. The number of hydrogen-bond donors (Lipinski definition) is 2. The smallest absolute Gasteiger partial charge is 0.231 e. The summed E-state index contributed by atoms with van der Waals surface area (Å²) in [5.74, 6) is 0.764. The average molecular weight is 289 g/mol. The van der Waals surface area contributed by atoms with Crippen LogP contribution < -0.4 is 11.5 Å². The van der Waals surface area contributed by atoms with E-state index in [2.05, 4.69) is 42.2 Å². The second-order valence-electron chi connectivity index (χ2n) is 6.01. The van der Waals surface area contributed by atoms with Gasteiger partial charge in [0.1, 0.15) is 0 Å². The Morgan fingerprint density at radius 1 is 1.29 bits per heavy atom. The molecule has 0 aromatic heterocycles. The number of benzene rings is 1. The molecule has 3 unspecified atom stereocenters. The van der Waals surface area contributed by atoms with E-state index in [1.54, 1.807) is 0 Å². The first-order valence-corrected chi connectivity index (χ1v) is 7.93. The molecule has 0 bridgehead atoms. The number of carbonyl (C=O) groups excluding carboxylic acids is 1. The quantitative estimate of drug-likeness (QED) is 0.837. The van der Waals surface area contributed by atoms with Crippen LogP contribution in [0.5, 0.6) is 0 Å². The standard InChI is InChI=1S/C17H27N3O/c1-2-20(12-17(19)21)16-10-14(8-9-15(16)11-18)13-6-4-3-5-7-13/h3-7,14-16H,2,8-12,18H2,1H3,(H2,19,21). The number of hydrogen-bond acceptors (Lipinski definition) is 3. The molecule has 4 N–H and O–H groups in total. The van der Waals surface area contributed by atoms with Crippen molar-refractivity contribution in [3.63, 3.8) is 0 Å². The zero-order chi connectivity index (χ0) is 15.2. The molecule has 0 aliphatic heterocycles. The van der Waals surface area contributed by atoms with Crippen molar-refractivity contribution < 1.29 is 4.79 Å². The van der Waals surface area contributed by atoms with Gasteiger partial charge in [0, 0.05) is 6.04 Å². The van der Waals surface area contributed by atoms with Crippen molar-refractivity contribution in [2.24, 2.45) is 17.4 Å². The molecule has 0 heterocycles. The maximum Gasteiger partial charge on any atom is 0.231 e. The molecule has 1 saturated carbocycles. The molecule has 116 valence electrons. The van der Waals surface area contributed by atoms with Gasteiger partial charge in [0.25, 0.3) is 0 Å². The highest BCUT2D eigenvalue weighted by Crippen LogP contribution is 2.37. The van der Waals surface area contributed by atoms with Crippen molar-refractivity contribution in [3.05, 3.63) is 35.9 Å². The van der Waals surface area contributed by atoms with E-state index in [1.807, 2.05) is 0 Å². The summed E-state index contributed by atoms with van der Waals surface area (Å²) in [6.07, 6.45) is 3.36. The molecule has 1 aliphatic carbocycles. The van der Waals surface area contributed by atoms with Gasteiger partial charge in [-0.25, -0.2) is 0 Å². The van der Waals surface area contributed by atoms with Gasteiger partial charge in [0.2, 0.25) is 5.91 Å². The van der Waals surface area contributed by atoms with Crippen LogP contribution >= 0.6 is 0 Å². The predicted molar refractivity (Wildman–Crippen MR) is 85.8 cm³/mol. The highest BCUT2D eigenvalue weighted by atomic mass is 16.1. The van der Waals surface area contributed by atoms with Crippen molar-refractivity contribution in [1.82, 2.24) is 4.90 Å². The SMILES string of the molecule is CCN(CC(N)=O)C1CC(c2ccccc2)CCC1CN. The number of rotatable bonds is 6. The maximum absolute atomic E-state index is 11.3. The van der Waals surface area contributed by atoms with E-state index < -0.39 is 0 Å². The molecule has 21 heavy (non-hydrogen) atoms. The van der Waals surface area contributed by atoms with Crippen LogP contribution in [0.15, 0.2) is 30.3 Å². The summed E-state index contributed by atoms with van der Waals surface area (Å²) in [7, 11) is 0. The lowest BCUT2D eigenvalue weighted by Crippen LogP contribution is -2.49. The fraction of sp³-hybridized carbons (Fsp3) is 0.588. The molecule has 0 saturated heterocycles. The van der Waals surface area contributed by atoms with E-state index >= 15 is 0 Å². The van der Waals surface area contributed by atoms with Gasteiger partial charge in [0.05, 0.1) is 6.54 Å². The van der Waals surface area contributed by atoms with Crippen LogP contribution in [0.25, 0.3) is 0 Å². The maximum atomic E-state index is 11.3. The van der Waals surface area contributed by atoms with Crippen molar-refractivity contribution in [1.29, 1.82) is 0 Å². The van der Waals surface area contributed by atoms with E-state index in [1.165, 1.54) is 12.0 Å². The van der Waals surface area contributed by atoms with E-state index in [9.17, 15) is 4.79 Å². The topological polar surface area (TPSA) is 72.3 Å². The van der Waals surface area contributed by atoms with E-state index in [0.29, 0.717) is 31.0 Å². The summed E-state index contributed by atoms with van der Waals surface area (Å²) in [4.78, 5) is 13.5. The fourth-order valence-corrected chi connectivity index (χ4v) is 3.62. The molecule has 1 aromatic carbocycles. The summed E-state index contributed by atoms with van der Waals surface area (Å²) < 4.78 is 0. The molecule has 1 fully saturated rings. The van der Waals surface area contributed by atoms with Crippen LogP contribution in [0.1, 0.15) is 37.7 Å². The third-order valence-electron chi connectivity index (χ3n) is 4.76. The first kappa shape index (κ1) is 16.0. The summed E-state index contributed by atoms with van der Waals surface area (Å²) in [6.45, 7) is 3.94. The van der Waals surface area contributed by atoms with Gasteiger partial charge >= 0.3 is 0 Å². The van der Waals surface area contributed by atoms with Gasteiger partial charge in [-0.1, -0.05) is 37.3 Å². The lowest BCUT2D eigenvalue weighted by Gasteiger charge is -2.42. The van der Waals surface area contributed by atoms with Gasteiger partial charge in [0.15, 0.2) is 0 Å². The largest absolute Gasteiger partial charge is 0.369 e. The van der Waals surface area contributed by atoms with Crippen molar-refractivity contribution in [2.75, 3.05) is 19.6 Å². The molecule has 1 amide bonds. The Morgan fingerprint density at radius 2 is 2.00 bits per heavy atom. The zero-order valence-electron chi connectivity index (χ0n) is 12.9. The summed E-state index contributed by atoms with van der Waals surface area (Å²) in [6, 6.07) is 11.0. The van der Waals surface area contributed by atoms with E-state index in [-0.39, 0.29) is 5.91 Å². The van der Waals surface area contributed by atoms with Crippen molar-refractivity contribution >= 4 is 5.91 Å². The van der Waals surface area contributed by atoms with Gasteiger partial charge in [-0.15, -0.1) is 0 Å². The number of likely N-dealkylation sites (N-methyl/N-ethyl adjacent to an activating group) is 1. The van der Waals surface area contributed by atoms with Crippen molar-refractivity contribution in [2.45, 2.75) is 38.1 Å². The molecule has 0 radical (unpaired) electrons. The number of amides is 1. The Bertz CT molecular complexity index is 449. The van der Waals surface area contributed by atoms with Crippen LogP contribution in [0.2, 0.25) is 0 Å². The molecular weight excluding hydrogens is 262 g/mol. The molecule has 1 aromatic rings. The number of primary amides is 1. The zero-order valence-corrected chi connectivity index (χ0v) is 12.9. The molecular formula is C17H27N3O. The van der Waals surface area contributed by atoms with Crippen molar-refractivity contribution in [3.8, 4) is 0 Å². The van der Waals surface area contributed by atoms with Gasteiger partial charge in [-0.3, -0.25) is 9.69 Å². The molecule has 2 rings (SSSR count). The molecule has 1 aliphatic rings. The van der Waals surface area contributed by atoms with E-state index in [0.717, 1.165) is 19.4 Å². The Hall–Kier alpha value is -1.39. The van der Waals surface area contributed by atoms with Gasteiger partial charge in [-0.2, -0.15) is 0 Å². The molecule has 4 heteroatoms. The minimum absolute atomic E-state index is 0.255. The lowest BCUT2D eigenvalue weighted by atomic mass is 9.75. The Kier molecular flexibility index (Phi) is 5.76. The minimum Gasteiger partial charge on any atom is -0.369 e. The lowest BCUT2D eigenvalue weighted by molar-refractivity contribution is -0.120. The van der Waals surface area contributed by atoms with Crippen LogP contribution in [0.3, 0.4) is 0 Å². The van der Waals surface area contributed by atoms with Crippen LogP contribution in [0.4, 0.5) is 0 Å². The van der Waals surface area contributed by atoms with Gasteiger partial charge in [-0.05, 0) is 49.8 Å². The molecule has 4 nitrogen and oxygen atoms in total. The van der Waals surface area contributed by atoms with Crippen LogP contribution in [-0.2, 0) is 4.79 Å². The highest BCUT2D eigenvalue weighted by Gasteiger charge is 2.34. The third-order valence-corrected chi connectivity index (χ3v) is 4.76. The van der Waals surface area contributed by atoms with Gasteiger partial charge < -0.3 is 11.5 Å². The minimum atomic E-state index is -0.255. The predicted octanol–water partition coefficient (Wildman–Crippen LogP) is 1.70. The first-order chi connectivity index (χ1) is 10.2. The van der Waals surface area contributed by atoms with E-state index in [4.69, 9.17) is 11.5 Å². The second kappa shape index (κ2) is 7.57. The average Bonchev–Trinajstić information content (AvgIpc) is 2.52. The molecule has 0 spiro atoms. The summed E-state index contributed by atoms with van der Waals surface area (Å²) >= 11 is 0. The summed E-state index contributed by atoms with van der Waals surface area (Å²) in [5.41, 5.74) is 12.8. The number of carbonyl (C=O) groups is 1. The fourth-order valence-electron chi connectivity index (χ4n) is 3.62. The second-order valence-corrected chi connectivity index (χ2v) is 6.01. The normalized spacial score (nSPS) is 26.0. The highest BCUT2D eigenvalue weighted by molar-refractivity contribution is 5.75. The summed E-state index contributed by atoms with van der Waals surface area (Å²) in [5, 5.41) is 0. The Labute approximate surface area is 127 Å². The van der Waals surface area contributed by atoms with Crippen LogP contribution in [0, 0.1) is 5.92 Å².